The number of benzene rings is 1. The van der Waals surface area contributed by atoms with Crippen LogP contribution in [0.2, 0.25) is 5.15 Å². The summed E-state index contributed by atoms with van der Waals surface area (Å²) >= 11 is 5.93. The lowest BCUT2D eigenvalue weighted by Crippen LogP contribution is -1.99. The normalized spacial score (nSPS) is 10.7. The SMILES string of the molecule is O=C(O)CCc1cc2cc(F)ccc2nc1Cl. The van der Waals surface area contributed by atoms with Gasteiger partial charge in [0, 0.05) is 11.8 Å². The van der Waals surface area contributed by atoms with E-state index in [1.54, 1.807) is 6.07 Å². The number of carboxylic acid groups (broad SMARTS) is 1. The van der Waals surface area contributed by atoms with Crippen LogP contribution in [0.25, 0.3) is 10.9 Å². The zero-order valence-electron chi connectivity index (χ0n) is 8.78. The number of nitrogens with zero attached hydrogens (tertiary/aromatic N) is 1. The minimum Gasteiger partial charge on any atom is -0.481 e. The van der Waals surface area contributed by atoms with Crippen molar-refractivity contribution in [1.29, 1.82) is 0 Å². The van der Waals surface area contributed by atoms with Crippen LogP contribution in [0, 0.1) is 5.82 Å². The molecule has 5 heteroatoms. The molecule has 2 aromatic rings. The summed E-state index contributed by atoms with van der Waals surface area (Å²) in [5.41, 5.74) is 1.21. The molecule has 2 rings (SSSR count). The van der Waals surface area contributed by atoms with Crippen molar-refractivity contribution in [3.63, 3.8) is 0 Å². The Morgan fingerprint density at radius 2 is 2.18 bits per heavy atom. The van der Waals surface area contributed by atoms with Crippen molar-refractivity contribution < 1.29 is 14.3 Å². The molecule has 0 atom stereocenters. The molecular weight excluding hydrogens is 245 g/mol. The largest absolute Gasteiger partial charge is 0.481 e. The lowest BCUT2D eigenvalue weighted by Gasteiger charge is -2.04. The van der Waals surface area contributed by atoms with E-state index in [4.69, 9.17) is 16.7 Å². The van der Waals surface area contributed by atoms with Gasteiger partial charge in [0.1, 0.15) is 11.0 Å². The Bertz CT molecular complexity index is 586. The Balaban J connectivity index is 2.42. The molecule has 0 radical (unpaired) electrons. The highest BCUT2D eigenvalue weighted by atomic mass is 35.5. The van der Waals surface area contributed by atoms with Gasteiger partial charge in [0.05, 0.1) is 5.52 Å². The van der Waals surface area contributed by atoms with E-state index in [2.05, 4.69) is 4.98 Å². The van der Waals surface area contributed by atoms with E-state index in [0.29, 0.717) is 16.5 Å². The number of fused-ring (bicyclic) bond motifs is 1. The van der Waals surface area contributed by atoms with Gasteiger partial charge in [-0.15, -0.1) is 0 Å². The third kappa shape index (κ3) is 2.71. The second-order valence-corrected chi connectivity index (χ2v) is 4.03. The van der Waals surface area contributed by atoms with Crippen LogP contribution in [0.5, 0.6) is 0 Å². The Morgan fingerprint density at radius 3 is 2.88 bits per heavy atom. The summed E-state index contributed by atoms with van der Waals surface area (Å²) in [7, 11) is 0. The first-order valence-corrected chi connectivity index (χ1v) is 5.40. The average Bonchev–Trinajstić information content (AvgIpc) is 2.26. The zero-order valence-corrected chi connectivity index (χ0v) is 9.54. The van der Waals surface area contributed by atoms with Gasteiger partial charge in [-0.2, -0.15) is 0 Å². The molecule has 1 N–H and O–H groups in total. The Kier molecular flexibility index (Phi) is 3.24. The van der Waals surface area contributed by atoms with Gasteiger partial charge in [-0.3, -0.25) is 4.79 Å². The maximum absolute atomic E-state index is 13.0. The van der Waals surface area contributed by atoms with Crippen molar-refractivity contribution in [2.24, 2.45) is 0 Å². The van der Waals surface area contributed by atoms with Crippen LogP contribution in [0.15, 0.2) is 24.3 Å². The van der Waals surface area contributed by atoms with Crippen LogP contribution in [0.3, 0.4) is 0 Å². The molecule has 0 bridgehead atoms. The lowest BCUT2D eigenvalue weighted by atomic mass is 10.1. The summed E-state index contributed by atoms with van der Waals surface area (Å²) in [5.74, 6) is -1.26. The smallest absolute Gasteiger partial charge is 0.303 e. The average molecular weight is 254 g/mol. The highest BCUT2D eigenvalue weighted by Crippen LogP contribution is 2.22. The topological polar surface area (TPSA) is 50.2 Å². The molecule has 0 fully saturated rings. The number of aliphatic carboxylic acids is 1. The van der Waals surface area contributed by atoms with Crippen LogP contribution in [0.4, 0.5) is 4.39 Å². The number of hydrogen-bond donors (Lipinski definition) is 1. The first kappa shape index (κ1) is 11.8. The molecule has 0 aliphatic heterocycles. The molecule has 0 aliphatic carbocycles. The van der Waals surface area contributed by atoms with Crippen LogP contribution in [-0.2, 0) is 11.2 Å². The van der Waals surface area contributed by atoms with Crippen LogP contribution < -0.4 is 0 Å². The van der Waals surface area contributed by atoms with Crippen molar-refractivity contribution in [1.82, 2.24) is 4.98 Å². The minimum atomic E-state index is -0.902. The van der Waals surface area contributed by atoms with E-state index < -0.39 is 5.97 Å². The summed E-state index contributed by atoms with van der Waals surface area (Å²) in [4.78, 5) is 14.6. The molecule has 3 nitrogen and oxygen atoms in total. The number of aromatic nitrogens is 1. The van der Waals surface area contributed by atoms with E-state index >= 15 is 0 Å². The van der Waals surface area contributed by atoms with E-state index in [1.165, 1.54) is 18.2 Å². The molecule has 1 heterocycles. The molecule has 17 heavy (non-hydrogen) atoms. The molecule has 0 aliphatic rings. The number of aryl methyl sites for hydroxylation is 1. The molecular formula is C12H9ClFNO2. The van der Waals surface area contributed by atoms with Gasteiger partial charge in [-0.1, -0.05) is 11.6 Å². The first-order valence-electron chi connectivity index (χ1n) is 5.03. The van der Waals surface area contributed by atoms with Crippen LogP contribution in [-0.4, -0.2) is 16.1 Å². The highest BCUT2D eigenvalue weighted by molar-refractivity contribution is 6.30. The third-order valence-electron chi connectivity index (χ3n) is 2.41. The van der Waals surface area contributed by atoms with Crippen molar-refractivity contribution >= 4 is 28.5 Å². The molecule has 0 unspecified atom stereocenters. The minimum absolute atomic E-state index is 0.0256. The van der Waals surface area contributed by atoms with E-state index in [1.807, 2.05) is 0 Å². The summed E-state index contributed by atoms with van der Waals surface area (Å²) in [6, 6.07) is 5.87. The molecule has 0 amide bonds. The van der Waals surface area contributed by atoms with Gasteiger partial charge in [0.15, 0.2) is 0 Å². The molecule has 88 valence electrons. The number of carboxylic acids is 1. The summed E-state index contributed by atoms with van der Waals surface area (Å²) < 4.78 is 13.0. The van der Waals surface area contributed by atoms with E-state index in [0.717, 1.165) is 0 Å². The number of carbonyl (C=O) groups is 1. The van der Waals surface area contributed by atoms with Crippen LogP contribution >= 0.6 is 11.6 Å². The van der Waals surface area contributed by atoms with Crippen molar-refractivity contribution in [3.05, 3.63) is 40.8 Å². The molecule has 0 saturated heterocycles. The van der Waals surface area contributed by atoms with Gasteiger partial charge >= 0.3 is 5.97 Å². The number of halogens is 2. The number of pyridine rings is 1. The zero-order chi connectivity index (χ0) is 12.4. The van der Waals surface area contributed by atoms with Crippen molar-refractivity contribution in [3.8, 4) is 0 Å². The first-order chi connectivity index (χ1) is 8.06. The van der Waals surface area contributed by atoms with Gasteiger partial charge in [0.25, 0.3) is 0 Å². The predicted molar refractivity (Wildman–Crippen MR) is 62.7 cm³/mol. The van der Waals surface area contributed by atoms with Crippen molar-refractivity contribution in [2.45, 2.75) is 12.8 Å². The molecule has 0 saturated carbocycles. The quantitative estimate of drug-likeness (QED) is 0.856. The maximum Gasteiger partial charge on any atom is 0.303 e. The fourth-order valence-electron chi connectivity index (χ4n) is 1.58. The molecule has 0 spiro atoms. The van der Waals surface area contributed by atoms with Crippen molar-refractivity contribution in [2.75, 3.05) is 0 Å². The maximum atomic E-state index is 13.0. The second-order valence-electron chi connectivity index (χ2n) is 3.67. The Hall–Kier alpha value is -1.68. The van der Waals surface area contributed by atoms with Gasteiger partial charge < -0.3 is 5.11 Å². The third-order valence-corrected chi connectivity index (χ3v) is 2.74. The lowest BCUT2D eigenvalue weighted by molar-refractivity contribution is -0.136. The second kappa shape index (κ2) is 4.67. The summed E-state index contributed by atoms with van der Waals surface area (Å²) in [6.07, 6.45) is 0.260. The summed E-state index contributed by atoms with van der Waals surface area (Å²) in [5, 5.41) is 9.49. The summed E-state index contributed by atoms with van der Waals surface area (Å²) in [6.45, 7) is 0. The fourth-order valence-corrected chi connectivity index (χ4v) is 1.82. The highest BCUT2D eigenvalue weighted by Gasteiger charge is 2.07. The number of hydrogen-bond acceptors (Lipinski definition) is 2. The monoisotopic (exact) mass is 253 g/mol. The predicted octanol–water partition coefficient (Wildman–Crippen LogP) is 3.04. The van der Waals surface area contributed by atoms with Gasteiger partial charge in [-0.25, -0.2) is 9.37 Å². The Morgan fingerprint density at radius 1 is 1.41 bits per heavy atom. The Labute approximate surface area is 102 Å². The molecule has 1 aromatic carbocycles. The van der Waals surface area contributed by atoms with Gasteiger partial charge in [-0.05, 0) is 36.2 Å². The molecule has 1 aromatic heterocycles. The van der Waals surface area contributed by atoms with Crippen LogP contribution in [0.1, 0.15) is 12.0 Å². The standard InChI is InChI=1S/C12H9ClFNO2/c13-12-7(1-4-11(16)17)5-8-6-9(14)2-3-10(8)15-12/h2-3,5-6H,1,4H2,(H,16,17). The van der Waals surface area contributed by atoms with Gasteiger partial charge in [0.2, 0.25) is 0 Å². The van der Waals surface area contributed by atoms with E-state index in [-0.39, 0.29) is 23.8 Å². The number of rotatable bonds is 3. The van der Waals surface area contributed by atoms with E-state index in [9.17, 15) is 9.18 Å². The fraction of sp³-hybridized carbons (Fsp3) is 0.167.